The van der Waals surface area contributed by atoms with E-state index in [9.17, 15) is 9.59 Å². The van der Waals surface area contributed by atoms with E-state index in [0.29, 0.717) is 12.8 Å². The molecular formula is C13H21Br2NO4. The van der Waals surface area contributed by atoms with Gasteiger partial charge in [0.25, 0.3) is 0 Å². The normalized spacial score (nSPS) is 30.5. The molecule has 1 fully saturated rings. The molecule has 0 unspecified atom stereocenters. The smallest absolute Gasteiger partial charge is 0.407 e. The van der Waals surface area contributed by atoms with Gasteiger partial charge in [0.05, 0.1) is 13.0 Å². The third-order valence-corrected chi connectivity index (χ3v) is 5.78. The average Bonchev–Trinajstić information content (AvgIpc) is 2.30. The number of ether oxygens (including phenoxy) is 2. The lowest BCUT2D eigenvalue weighted by molar-refractivity contribution is -0.147. The van der Waals surface area contributed by atoms with Gasteiger partial charge in [-0.3, -0.25) is 4.79 Å². The fourth-order valence-electron chi connectivity index (χ4n) is 2.14. The Kier molecular flexibility index (Phi) is 6.31. The summed E-state index contributed by atoms with van der Waals surface area (Å²) >= 11 is 7.09. The van der Waals surface area contributed by atoms with Crippen molar-refractivity contribution in [1.82, 2.24) is 5.32 Å². The van der Waals surface area contributed by atoms with Crippen LogP contribution in [0.5, 0.6) is 0 Å². The van der Waals surface area contributed by atoms with Gasteiger partial charge in [0.2, 0.25) is 0 Å². The first-order chi connectivity index (χ1) is 9.14. The monoisotopic (exact) mass is 413 g/mol. The highest BCUT2D eigenvalue weighted by Crippen LogP contribution is 2.34. The topological polar surface area (TPSA) is 64.6 Å². The number of amides is 1. The van der Waals surface area contributed by atoms with Crippen LogP contribution >= 0.6 is 31.9 Å². The van der Waals surface area contributed by atoms with Crippen molar-refractivity contribution in [2.45, 2.75) is 54.9 Å². The van der Waals surface area contributed by atoms with Gasteiger partial charge in [0.15, 0.2) is 0 Å². The number of alkyl carbamates (subject to hydrolysis) is 1. The second-order valence-electron chi connectivity index (χ2n) is 5.89. The summed E-state index contributed by atoms with van der Waals surface area (Å²) in [5.74, 6) is -0.680. The van der Waals surface area contributed by atoms with Crippen molar-refractivity contribution in [2.75, 3.05) is 7.11 Å². The summed E-state index contributed by atoms with van der Waals surface area (Å²) in [4.78, 5) is 24.1. The number of hydrogen-bond acceptors (Lipinski definition) is 4. The van der Waals surface area contributed by atoms with E-state index in [4.69, 9.17) is 9.47 Å². The number of alkyl halides is 2. The highest BCUT2D eigenvalue weighted by molar-refractivity contribution is 9.12. The molecule has 5 nitrogen and oxygen atoms in total. The maximum absolute atomic E-state index is 11.9. The lowest BCUT2D eigenvalue weighted by atomic mass is 9.84. The molecule has 1 saturated carbocycles. The van der Waals surface area contributed by atoms with E-state index in [1.165, 1.54) is 7.11 Å². The molecule has 0 heterocycles. The van der Waals surface area contributed by atoms with Crippen LogP contribution in [0.25, 0.3) is 0 Å². The zero-order valence-corrected chi connectivity index (χ0v) is 15.3. The van der Waals surface area contributed by atoms with Crippen LogP contribution in [-0.2, 0) is 14.3 Å². The van der Waals surface area contributed by atoms with Crippen molar-refractivity contribution >= 4 is 43.9 Å². The first-order valence-corrected chi connectivity index (χ1v) is 8.32. The summed E-state index contributed by atoms with van der Waals surface area (Å²) in [5, 5.41) is 2.78. The van der Waals surface area contributed by atoms with Gasteiger partial charge < -0.3 is 14.8 Å². The summed E-state index contributed by atoms with van der Waals surface area (Å²) in [6, 6.07) is -0.296. The highest BCUT2D eigenvalue weighted by atomic mass is 79.9. The Bertz CT molecular complexity index is 370. The Morgan fingerprint density at radius 3 is 2.20 bits per heavy atom. The Morgan fingerprint density at radius 1 is 1.15 bits per heavy atom. The summed E-state index contributed by atoms with van der Waals surface area (Å²) in [6.07, 6.45) is 0.724. The van der Waals surface area contributed by atoms with Crippen molar-refractivity contribution < 1.29 is 19.1 Å². The lowest BCUT2D eigenvalue weighted by Gasteiger charge is -2.36. The predicted octanol–water partition coefficient (Wildman–Crippen LogP) is 2.99. The summed E-state index contributed by atoms with van der Waals surface area (Å²) in [6.45, 7) is 5.40. The molecule has 20 heavy (non-hydrogen) atoms. The number of esters is 1. The molecule has 1 N–H and O–H groups in total. The number of rotatable bonds is 2. The number of carbonyl (C=O) groups is 2. The minimum absolute atomic E-state index is 0.170. The molecule has 0 saturated heterocycles. The SMILES string of the molecule is COC(=O)[C@@H]1C[C@@H](Br)[C@H](Br)C[C@@H]1NC(=O)OC(C)(C)C. The van der Waals surface area contributed by atoms with Crippen molar-refractivity contribution in [1.29, 1.82) is 0 Å². The average molecular weight is 415 g/mol. The van der Waals surface area contributed by atoms with Crippen LogP contribution < -0.4 is 5.32 Å². The van der Waals surface area contributed by atoms with E-state index in [0.717, 1.165) is 0 Å². The number of halogens is 2. The Morgan fingerprint density at radius 2 is 1.70 bits per heavy atom. The van der Waals surface area contributed by atoms with Gasteiger partial charge in [-0.25, -0.2) is 4.79 Å². The molecule has 0 bridgehead atoms. The minimum atomic E-state index is -0.564. The molecule has 1 aliphatic rings. The molecule has 1 rings (SSSR count). The third kappa shape index (κ3) is 5.24. The fraction of sp³-hybridized carbons (Fsp3) is 0.846. The highest BCUT2D eigenvalue weighted by Gasteiger charge is 2.40. The Hall–Kier alpha value is -0.300. The molecule has 1 amide bonds. The van der Waals surface area contributed by atoms with Crippen LogP contribution in [0.4, 0.5) is 4.79 Å². The third-order valence-electron chi connectivity index (χ3n) is 3.04. The summed E-state index contributed by atoms with van der Waals surface area (Å²) in [5.41, 5.74) is -0.564. The minimum Gasteiger partial charge on any atom is -0.469 e. The Labute approximate surface area is 136 Å². The standard InChI is InChI=1S/C13H21Br2NO4/c1-13(2,3)20-12(18)16-10-6-9(15)8(14)5-7(10)11(17)19-4/h7-10H,5-6H2,1-4H3,(H,16,18)/t7-,8-,9-,10+/m1/s1. The van der Waals surface area contributed by atoms with E-state index in [1.807, 2.05) is 0 Å². The van der Waals surface area contributed by atoms with Gasteiger partial charge in [-0.15, -0.1) is 0 Å². The van der Waals surface area contributed by atoms with E-state index in [2.05, 4.69) is 37.2 Å². The zero-order chi connectivity index (χ0) is 15.5. The quantitative estimate of drug-likeness (QED) is 0.557. The number of hydrogen-bond donors (Lipinski definition) is 1. The molecular weight excluding hydrogens is 394 g/mol. The van der Waals surface area contributed by atoms with Gasteiger partial charge in [-0.2, -0.15) is 0 Å². The molecule has 4 atom stereocenters. The molecule has 116 valence electrons. The van der Waals surface area contributed by atoms with Crippen LogP contribution in [0.1, 0.15) is 33.6 Å². The molecule has 1 aliphatic carbocycles. The summed E-state index contributed by atoms with van der Waals surface area (Å²) < 4.78 is 10.1. The molecule has 0 spiro atoms. The van der Waals surface area contributed by atoms with Crippen LogP contribution in [0.2, 0.25) is 0 Å². The van der Waals surface area contributed by atoms with E-state index in [1.54, 1.807) is 20.8 Å². The first-order valence-electron chi connectivity index (χ1n) is 6.49. The summed E-state index contributed by atoms with van der Waals surface area (Å²) in [7, 11) is 1.36. The van der Waals surface area contributed by atoms with Crippen LogP contribution in [0.15, 0.2) is 0 Å². The maximum atomic E-state index is 11.9. The van der Waals surface area contributed by atoms with E-state index < -0.39 is 11.7 Å². The fourth-order valence-corrected chi connectivity index (χ4v) is 3.38. The maximum Gasteiger partial charge on any atom is 0.407 e. The van der Waals surface area contributed by atoms with Gasteiger partial charge >= 0.3 is 12.1 Å². The number of nitrogens with one attached hydrogen (secondary N) is 1. The van der Waals surface area contributed by atoms with Crippen molar-refractivity contribution in [2.24, 2.45) is 5.92 Å². The van der Waals surface area contributed by atoms with Crippen LogP contribution in [-0.4, -0.2) is 40.5 Å². The molecule has 7 heteroatoms. The molecule has 0 aromatic rings. The van der Waals surface area contributed by atoms with E-state index >= 15 is 0 Å². The largest absolute Gasteiger partial charge is 0.469 e. The van der Waals surface area contributed by atoms with Gasteiger partial charge in [-0.1, -0.05) is 31.9 Å². The molecule has 0 aromatic carbocycles. The lowest BCUT2D eigenvalue weighted by Crippen LogP contribution is -2.51. The van der Waals surface area contributed by atoms with Crippen molar-refractivity contribution in [3.05, 3.63) is 0 Å². The Balaban J connectivity index is 2.72. The second kappa shape index (κ2) is 7.11. The van der Waals surface area contributed by atoms with Crippen LogP contribution in [0, 0.1) is 5.92 Å². The molecule has 0 aliphatic heterocycles. The van der Waals surface area contributed by atoms with Crippen molar-refractivity contribution in [3.63, 3.8) is 0 Å². The second-order valence-corrected chi connectivity index (χ2v) is 8.24. The number of methoxy groups -OCH3 is 1. The van der Waals surface area contributed by atoms with E-state index in [-0.39, 0.29) is 27.6 Å². The molecule has 0 radical (unpaired) electrons. The number of carbonyl (C=O) groups excluding carboxylic acids is 2. The van der Waals surface area contributed by atoms with Crippen molar-refractivity contribution in [3.8, 4) is 0 Å². The predicted molar refractivity (Wildman–Crippen MR) is 83.3 cm³/mol. The van der Waals surface area contributed by atoms with Gasteiger partial charge in [0.1, 0.15) is 5.60 Å². The van der Waals surface area contributed by atoms with Gasteiger partial charge in [0, 0.05) is 15.7 Å². The molecule has 0 aromatic heterocycles. The van der Waals surface area contributed by atoms with Gasteiger partial charge in [-0.05, 0) is 33.6 Å². The zero-order valence-electron chi connectivity index (χ0n) is 12.1. The first kappa shape index (κ1) is 17.8. The van der Waals surface area contributed by atoms with Crippen LogP contribution in [0.3, 0.4) is 0 Å².